The molecule has 5 N–H and O–H groups in total. The van der Waals surface area contributed by atoms with E-state index < -0.39 is 40.1 Å². The van der Waals surface area contributed by atoms with Crippen LogP contribution in [-0.4, -0.2) is 113 Å². The highest BCUT2D eigenvalue weighted by Gasteiger charge is 2.50. The van der Waals surface area contributed by atoms with Crippen molar-refractivity contribution >= 4 is 63.7 Å². The summed E-state index contributed by atoms with van der Waals surface area (Å²) in [6, 6.07) is 17.3. The molecular weight excluding hydrogens is 982 g/mol. The summed E-state index contributed by atoms with van der Waals surface area (Å²) in [4.78, 5) is 57.4. The number of halogens is 4. The van der Waals surface area contributed by atoms with Gasteiger partial charge in [-0.1, -0.05) is 60.5 Å². The lowest BCUT2D eigenvalue weighted by atomic mass is 9.77. The highest BCUT2D eigenvalue weighted by Crippen LogP contribution is 2.56. The van der Waals surface area contributed by atoms with Gasteiger partial charge in [0.2, 0.25) is 17.7 Å². The molecule has 0 bridgehead atoms. The Morgan fingerprint density at radius 1 is 0.945 bits per heavy atom. The molecule has 4 aromatic carbocycles. The number of fused-ring (bicyclic) bond motifs is 2. The minimum Gasteiger partial charge on any atom is -0.488 e. The number of carbonyl (C=O) groups excluding carboxylic acids is 4. The van der Waals surface area contributed by atoms with E-state index in [-0.39, 0.29) is 84.1 Å². The zero-order chi connectivity index (χ0) is 51.3. The van der Waals surface area contributed by atoms with Gasteiger partial charge >= 0.3 is 6.03 Å². The normalized spacial score (nSPS) is 23.1. The van der Waals surface area contributed by atoms with E-state index in [4.69, 9.17) is 38.4 Å². The fourth-order valence-electron chi connectivity index (χ4n) is 12.2. The number of primary amides is 1. The molecule has 3 saturated heterocycles. The monoisotopic (exact) mass is 1040 g/mol. The number of hydrogen-bond acceptors (Lipinski definition) is 10. The molecule has 5 aromatic rings. The number of aryl methyl sites for hydroxylation is 1. The molecule has 5 aliphatic rings. The fraction of sp³-hybridized carbons (Fsp3) is 0.463. The number of likely N-dealkylation sites (tertiary alicyclic amines) is 2. The van der Waals surface area contributed by atoms with Crippen LogP contribution in [0.2, 0.25) is 10.0 Å². The Bertz CT molecular complexity index is 2960. The van der Waals surface area contributed by atoms with E-state index in [0.717, 1.165) is 99.6 Å². The first kappa shape index (κ1) is 50.7. The molecule has 1 aromatic heterocycles. The van der Waals surface area contributed by atoms with Crippen LogP contribution in [0, 0.1) is 17.6 Å². The molecule has 73 heavy (non-hydrogen) atoms. The van der Waals surface area contributed by atoms with Crippen molar-refractivity contribution in [3.05, 3.63) is 105 Å². The standard InChI is InChI=1S/C54H60Cl2F2N8O7/c1-30-45-43(28-40(57)48(56)47(45)46-36(50(59)69)12-13-42(49(46)58)72-25-24-67)73-54(30,33-6-4-3-5-7-33)29-60-34-10-8-32(9-11-34)52(70)65-21-16-35(17-22-65)64-19-14-31(15-20-64)37-27-41-38(26-39(37)55)51(62-63(41)2)66-23-18-44(68)61-53(66)71/h3-7,12-13,26-28,30-32,34-35,60,67H,8-11,14-25,29H2,1-2H3,(H2,59,69)(H,61,68,71)/t30-,32?,34?,54-/m0/s1. The van der Waals surface area contributed by atoms with Crippen molar-refractivity contribution in [2.45, 2.75) is 94.2 Å². The number of imide groups is 1. The SMILES string of the molecule is C[C@H]1c2c(cc(F)c(Cl)c2-c2c(C(N)=O)ccc(OCCO)c2F)O[C@]1(CNC1CCC(C(=O)N2CCC(N3CCC(c4cc5c(cc4Cl)c(N4CCC(=O)NC4=O)nn5C)CC3)CC2)CC1)c1ccccc1. The molecule has 5 amide bonds. The topological polar surface area (TPSA) is 185 Å². The number of rotatable bonds is 13. The summed E-state index contributed by atoms with van der Waals surface area (Å²) in [7, 11) is 1.85. The third-order valence-corrected chi connectivity index (χ3v) is 16.8. The number of aromatic nitrogens is 2. The van der Waals surface area contributed by atoms with Crippen molar-refractivity contribution in [3.8, 4) is 22.6 Å². The summed E-state index contributed by atoms with van der Waals surface area (Å²) in [5.74, 6) is -2.82. The zero-order valence-corrected chi connectivity index (χ0v) is 42.4. The Hall–Kier alpha value is -5.85. The summed E-state index contributed by atoms with van der Waals surface area (Å²) < 4.78 is 46.4. The first-order chi connectivity index (χ1) is 35.2. The lowest BCUT2D eigenvalue weighted by Crippen LogP contribution is -2.51. The van der Waals surface area contributed by atoms with Crippen LogP contribution in [0.1, 0.15) is 104 Å². The van der Waals surface area contributed by atoms with Crippen molar-refractivity contribution in [1.82, 2.24) is 30.2 Å². The van der Waals surface area contributed by atoms with Crippen LogP contribution >= 0.6 is 23.2 Å². The van der Waals surface area contributed by atoms with E-state index in [1.165, 1.54) is 23.1 Å². The third-order valence-electron chi connectivity index (χ3n) is 16.1. The van der Waals surface area contributed by atoms with E-state index in [0.29, 0.717) is 29.0 Å². The van der Waals surface area contributed by atoms with E-state index >= 15 is 8.78 Å². The molecule has 4 aliphatic heterocycles. The number of nitrogens with two attached hydrogens (primary N) is 1. The second-order valence-corrected chi connectivity index (χ2v) is 20.9. The van der Waals surface area contributed by atoms with Gasteiger partial charge in [-0.05, 0) is 106 Å². The van der Waals surface area contributed by atoms with Gasteiger partial charge in [-0.25, -0.2) is 13.6 Å². The van der Waals surface area contributed by atoms with Crippen LogP contribution in [0.3, 0.4) is 0 Å². The lowest BCUT2D eigenvalue weighted by Gasteiger charge is -2.43. The Morgan fingerprint density at radius 3 is 2.36 bits per heavy atom. The van der Waals surface area contributed by atoms with Gasteiger partial charge in [-0.15, -0.1) is 0 Å². The third kappa shape index (κ3) is 9.51. The molecule has 1 saturated carbocycles. The van der Waals surface area contributed by atoms with E-state index in [1.54, 1.807) is 4.68 Å². The first-order valence-electron chi connectivity index (χ1n) is 25.3. The van der Waals surface area contributed by atoms with Crippen LogP contribution in [0.4, 0.5) is 19.4 Å². The molecule has 10 rings (SSSR count). The molecule has 1 aliphatic carbocycles. The van der Waals surface area contributed by atoms with Gasteiger partial charge in [0.15, 0.2) is 23.0 Å². The van der Waals surface area contributed by atoms with Gasteiger partial charge in [0.05, 0.1) is 22.7 Å². The quantitative estimate of drug-likeness (QED) is 0.0898. The second-order valence-electron chi connectivity index (χ2n) is 20.2. The maximum atomic E-state index is 16.5. The zero-order valence-electron chi connectivity index (χ0n) is 40.9. The molecule has 386 valence electrons. The largest absolute Gasteiger partial charge is 0.488 e. The number of benzene rings is 4. The van der Waals surface area contributed by atoms with Gasteiger partial charge < -0.3 is 35.4 Å². The highest BCUT2D eigenvalue weighted by molar-refractivity contribution is 6.34. The summed E-state index contributed by atoms with van der Waals surface area (Å²) in [6.45, 7) is 5.18. The fourth-order valence-corrected chi connectivity index (χ4v) is 12.7. The Morgan fingerprint density at radius 2 is 1.67 bits per heavy atom. The molecule has 0 unspecified atom stereocenters. The predicted molar refractivity (Wildman–Crippen MR) is 273 cm³/mol. The molecule has 15 nitrogen and oxygen atoms in total. The number of urea groups is 1. The molecule has 2 atom stereocenters. The van der Waals surface area contributed by atoms with Crippen LogP contribution in [0.25, 0.3) is 22.0 Å². The number of nitrogens with one attached hydrogen (secondary N) is 2. The molecule has 4 fully saturated rings. The lowest BCUT2D eigenvalue weighted by molar-refractivity contribution is -0.138. The molecule has 19 heteroatoms. The van der Waals surface area contributed by atoms with Gasteiger partial charge in [0.1, 0.15) is 18.2 Å². The number of carbonyl (C=O) groups is 4. The van der Waals surface area contributed by atoms with Crippen molar-refractivity contribution < 1.29 is 42.5 Å². The Balaban J connectivity index is 0.753. The number of amides is 5. The van der Waals surface area contributed by atoms with Crippen LogP contribution < -0.4 is 30.7 Å². The minimum absolute atomic E-state index is 0.0552. The van der Waals surface area contributed by atoms with Crippen LogP contribution in [0.5, 0.6) is 11.5 Å². The number of nitrogens with zero attached hydrogens (tertiary/aromatic N) is 5. The number of aliphatic hydroxyl groups excluding tert-OH is 1. The van der Waals surface area contributed by atoms with Crippen molar-refractivity contribution in [1.29, 1.82) is 0 Å². The van der Waals surface area contributed by atoms with Crippen LogP contribution in [0.15, 0.2) is 60.7 Å². The molecule has 5 heterocycles. The Labute approximate surface area is 432 Å². The van der Waals surface area contributed by atoms with Crippen molar-refractivity contribution in [2.75, 3.05) is 57.4 Å². The maximum absolute atomic E-state index is 16.5. The maximum Gasteiger partial charge on any atom is 0.329 e. The minimum atomic E-state index is -1.11. The number of aliphatic hydroxyl groups is 1. The average Bonchev–Trinajstić information content (AvgIpc) is 3.87. The van der Waals surface area contributed by atoms with Crippen molar-refractivity contribution in [2.24, 2.45) is 18.7 Å². The number of ether oxygens (including phenoxy) is 2. The number of anilines is 1. The van der Waals surface area contributed by atoms with Crippen LogP contribution in [-0.2, 0) is 22.2 Å². The van der Waals surface area contributed by atoms with E-state index in [2.05, 4.69) is 31.6 Å². The van der Waals surface area contributed by atoms with Gasteiger partial charge in [-0.3, -0.25) is 29.3 Å². The number of hydrogen-bond donors (Lipinski definition) is 4. The van der Waals surface area contributed by atoms with E-state index in [1.807, 2.05) is 50.4 Å². The summed E-state index contributed by atoms with van der Waals surface area (Å²) >= 11 is 13.7. The Kier molecular flexibility index (Phi) is 14.4. The molecule has 0 spiro atoms. The summed E-state index contributed by atoms with van der Waals surface area (Å²) in [5, 5.41) is 21.2. The molecular formula is C54H60Cl2F2N8O7. The average molecular weight is 1040 g/mol. The van der Waals surface area contributed by atoms with Gasteiger partial charge in [0.25, 0.3) is 0 Å². The second kappa shape index (κ2) is 20.8. The summed E-state index contributed by atoms with van der Waals surface area (Å²) in [5.41, 5.74) is 7.25. The summed E-state index contributed by atoms with van der Waals surface area (Å²) in [6.07, 6.45) is 6.96. The molecule has 0 radical (unpaired) electrons. The van der Waals surface area contributed by atoms with Crippen molar-refractivity contribution in [3.63, 3.8) is 0 Å². The van der Waals surface area contributed by atoms with Gasteiger partial charge in [0, 0.05) is 96.7 Å². The van der Waals surface area contributed by atoms with E-state index in [9.17, 15) is 24.3 Å². The van der Waals surface area contributed by atoms with Gasteiger partial charge in [-0.2, -0.15) is 5.10 Å². The smallest absolute Gasteiger partial charge is 0.329 e. The highest BCUT2D eigenvalue weighted by atomic mass is 35.5. The first-order valence-corrected chi connectivity index (χ1v) is 26.1. The predicted octanol–water partition coefficient (Wildman–Crippen LogP) is 8.15. The number of piperidine rings is 2.